The molecule has 2 aliphatic rings. The highest BCUT2D eigenvalue weighted by Crippen LogP contribution is 2.32. The average Bonchev–Trinajstić information content (AvgIpc) is 3.00. The van der Waals surface area contributed by atoms with Crippen LogP contribution in [0.3, 0.4) is 0 Å². The summed E-state index contributed by atoms with van der Waals surface area (Å²) in [6.07, 6.45) is 4.44. The van der Waals surface area contributed by atoms with Crippen molar-refractivity contribution in [3.63, 3.8) is 0 Å². The van der Waals surface area contributed by atoms with Crippen LogP contribution in [0.2, 0.25) is 0 Å². The third-order valence-electron chi connectivity index (χ3n) is 4.58. The van der Waals surface area contributed by atoms with Crippen LogP contribution in [0, 0.1) is 0 Å². The molecule has 0 atom stereocenters. The smallest absolute Gasteiger partial charge is 0.0320 e. The maximum Gasteiger partial charge on any atom is 0.0320 e. The summed E-state index contributed by atoms with van der Waals surface area (Å²) in [5, 5.41) is 2.52. The van der Waals surface area contributed by atoms with E-state index in [-0.39, 0.29) is 0 Å². The Morgan fingerprint density at radius 2 is 0.955 bits per heavy atom. The van der Waals surface area contributed by atoms with Gasteiger partial charge in [0, 0.05) is 11.4 Å². The summed E-state index contributed by atoms with van der Waals surface area (Å²) < 4.78 is 0. The van der Waals surface area contributed by atoms with E-state index in [1.165, 1.54) is 43.8 Å². The van der Waals surface area contributed by atoms with Crippen molar-refractivity contribution in [2.45, 2.75) is 0 Å². The van der Waals surface area contributed by atoms with Crippen molar-refractivity contribution < 1.29 is 0 Å². The summed E-state index contributed by atoms with van der Waals surface area (Å²) in [6.45, 7) is 0. The van der Waals surface area contributed by atoms with Gasteiger partial charge in [-0.15, -0.1) is 0 Å². The molecule has 0 fully saturated rings. The first-order valence-corrected chi connectivity index (χ1v) is 7.36. The van der Waals surface area contributed by atoms with Crippen LogP contribution in [-0.2, 0) is 0 Å². The molecule has 104 valence electrons. The highest BCUT2D eigenvalue weighted by Gasteiger charge is 2.17. The molecule has 0 amide bonds. The fourth-order valence-corrected chi connectivity index (χ4v) is 3.57. The molecular weight excluding hydrogens is 268 g/mol. The van der Waals surface area contributed by atoms with E-state index in [0.717, 1.165) is 11.4 Å². The van der Waals surface area contributed by atoms with Crippen LogP contribution in [-0.4, -0.2) is 0 Å². The molecule has 0 saturated heterocycles. The van der Waals surface area contributed by atoms with E-state index >= 15 is 0 Å². The first-order valence-electron chi connectivity index (χ1n) is 7.36. The molecule has 0 heterocycles. The number of fused-ring (bicyclic) bond motifs is 6. The minimum atomic E-state index is 0.808. The second-order valence-corrected chi connectivity index (χ2v) is 6.01. The topological polar surface area (TPSA) is 52.0 Å². The van der Waals surface area contributed by atoms with E-state index in [2.05, 4.69) is 36.4 Å². The number of benzene rings is 3. The molecule has 3 aromatic rings. The molecule has 22 heavy (non-hydrogen) atoms. The largest absolute Gasteiger partial charge is 0.399 e. The molecule has 0 unspecified atom stereocenters. The molecular formula is C20H14N2. The Hall–Kier alpha value is -3.00. The van der Waals surface area contributed by atoms with E-state index < -0.39 is 0 Å². The van der Waals surface area contributed by atoms with E-state index in [1.807, 2.05) is 24.3 Å². The molecule has 2 heteroatoms. The summed E-state index contributed by atoms with van der Waals surface area (Å²) in [7, 11) is 0. The van der Waals surface area contributed by atoms with Gasteiger partial charge in [0.15, 0.2) is 0 Å². The van der Waals surface area contributed by atoms with Gasteiger partial charge in [-0.1, -0.05) is 12.1 Å². The Morgan fingerprint density at radius 3 is 1.41 bits per heavy atom. The molecule has 2 nitrogen and oxygen atoms in total. The van der Waals surface area contributed by atoms with Gasteiger partial charge in [0.25, 0.3) is 0 Å². The molecule has 0 bridgehead atoms. The predicted octanol–water partition coefficient (Wildman–Crippen LogP) is 2.47. The van der Waals surface area contributed by atoms with E-state index in [4.69, 9.17) is 11.5 Å². The summed E-state index contributed by atoms with van der Waals surface area (Å²) in [5.74, 6) is 0. The third kappa shape index (κ3) is 1.44. The number of rotatable bonds is 0. The predicted molar refractivity (Wildman–Crippen MR) is 92.5 cm³/mol. The van der Waals surface area contributed by atoms with E-state index in [0.29, 0.717) is 0 Å². The van der Waals surface area contributed by atoms with Crippen molar-refractivity contribution in [1.82, 2.24) is 0 Å². The monoisotopic (exact) mass is 282 g/mol. The van der Waals surface area contributed by atoms with Gasteiger partial charge >= 0.3 is 0 Å². The Kier molecular flexibility index (Phi) is 2.01. The summed E-state index contributed by atoms with van der Waals surface area (Å²) in [6, 6.07) is 16.8. The molecule has 4 N–H and O–H groups in total. The highest BCUT2D eigenvalue weighted by atomic mass is 14.5. The van der Waals surface area contributed by atoms with E-state index in [9.17, 15) is 0 Å². The standard InChI is InChI=1S/C20H14N2/c21-15-1-3-17-11(7-15)5-13-10-20-14(9-19(13)17)6-12-8-16(22)2-4-18(12)20/h1-10H,21-22H2. The summed E-state index contributed by atoms with van der Waals surface area (Å²) >= 11 is 0. The Balaban J connectivity index is 1.81. The second-order valence-electron chi connectivity index (χ2n) is 6.01. The lowest BCUT2D eigenvalue weighted by molar-refractivity contribution is 1.55. The molecule has 0 radical (unpaired) electrons. The first kappa shape index (κ1) is 11.6. The minimum absolute atomic E-state index is 0.808. The summed E-state index contributed by atoms with van der Waals surface area (Å²) in [4.78, 5) is 0. The van der Waals surface area contributed by atoms with Crippen molar-refractivity contribution >= 4 is 23.5 Å². The molecule has 0 aromatic heterocycles. The third-order valence-corrected chi connectivity index (χ3v) is 4.58. The van der Waals surface area contributed by atoms with Crippen molar-refractivity contribution in [3.8, 4) is 22.3 Å². The molecule has 3 aromatic carbocycles. The fraction of sp³-hybridized carbons (Fsp3) is 0. The second kappa shape index (κ2) is 3.80. The van der Waals surface area contributed by atoms with Crippen molar-refractivity contribution in [1.29, 1.82) is 0 Å². The van der Waals surface area contributed by atoms with Gasteiger partial charge in [0.2, 0.25) is 0 Å². The quantitative estimate of drug-likeness (QED) is 0.429. The van der Waals surface area contributed by atoms with Gasteiger partial charge in [-0.25, -0.2) is 0 Å². The van der Waals surface area contributed by atoms with Gasteiger partial charge in [0.05, 0.1) is 0 Å². The number of nitrogen functional groups attached to an aromatic ring is 2. The number of anilines is 2. The Bertz CT molecular complexity index is 1000. The lowest BCUT2D eigenvalue weighted by Gasteiger charge is -2.04. The van der Waals surface area contributed by atoms with Crippen LogP contribution < -0.4 is 21.9 Å². The molecule has 0 aliphatic heterocycles. The van der Waals surface area contributed by atoms with Crippen LogP contribution >= 0.6 is 0 Å². The van der Waals surface area contributed by atoms with Gasteiger partial charge < -0.3 is 11.5 Å². The van der Waals surface area contributed by atoms with Crippen molar-refractivity contribution in [2.75, 3.05) is 11.5 Å². The zero-order chi connectivity index (χ0) is 14.8. The molecule has 2 aliphatic carbocycles. The lowest BCUT2D eigenvalue weighted by Crippen LogP contribution is -2.10. The summed E-state index contributed by atoms with van der Waals surface area (Å²) in [5.41, 5.74) is 20.9. The van der Waals surface area contributed by atoms with Gasteiger partial charge in [-0.3, -0.25) is 0 Å². The molecule has 0 spiro atoms. The SMILES string of the molecule is Nc1ccc2c(c1)C=c1cc3c(cc1-2)=Cc1cc(N)ccc1-3. The van der Waals surface area contributed by atoms with Gasteiger partial charge in [-0.05, 0) is 92.4 Å². The van der Waals surface area contributed by atoms with Gasteiger partial charge in [0.1, 0.15) is 0 Å². The van der Waals surface area contributed by atoms with Gasteiger partial charge in [-0.2, -0.15) is 0 Å². The number of nitrogens with two attached hydrogens (primary N) is 2. The van der Waals surface area contributed by atoms with E-state index in [1.54, 1.807) is 0 Å². The van der Waals surface area contributed by atoms with Crippen LogP contribution in [0.15, 0.2) is 48.5 Å². The molecule has 0 saturated carbocycles. The Morgan fingerprint density at radius 1 is 0.500 bits per heavy atom. The molecule has 5 rings (SSSR count). The first-order chi connectivity index (χ1) is 10.7. The van der Waals surface area contributed by atoms with Crippen molar-refractivity contribution in [3.05, 3.63) is 70.1 Å². The van der Waals surface area contributed by atoms with Crippen LogP contribution in [0.25, 0.3) is 34.4 Å². The minimum Gasteiger partial charge on any atom is -0.399 e. The Labute approximate surface area is 128 Å². The lowest BCUT2D eigenvalue weighted by atomic mass is 10.00. The zero-order valence-electron chi connectivity index (χ0n) is 11.9. The normalized spacial score (nSPS) is 12.7. The highest BCUT2D eigenvalue weighted by molar-refractivity contribution is 5.90. The fourth-order valence-electron chi connectivity index (χ4n) is 3.57. The van der Waals surface area contributed by atoms with Crippen LogP contribution in [0.1, 0.15) is 11.1 Å². The number of hydrogen-bond acceptors (Lipinski definition) is 2. The average molecular weight is 282 g/mol. The van der Waals surface area contributed by atoms with Crippen molar-refractivity contribution in [2.24, 2.45) is 0 Å². The van der Waals surface area contributed by atoms with Crippen LogP contribution in [0.5, 0.6) is 0 Å². The maximum atomic E-state index is 5.90. The van der Waals surface area contributed by atoms with Crippen LogP contribution in [0.4, 0.5) is 11.4 Å². The number of hydrogen-bond donors (Lipinski definition) is 2. The maximum absolute atomic E-state index is 5.90. The zero-order valence-corrected chi connectivity index (χ0v) is 11.9.